The summed E-state index contributed by atoms with van der Waals surface area (Å²) in [6.07, 6.45) is 8.87. The Morgan fingerprint density at radius 2 is 1.77 bits per heavy atom. The molecule has 1 unspecified atom stereocenters. The number of hydrogen-bond acceptors (Lipinski definition) is 3. The van der Waals surface area contributed by atoms with E-state index in [4.69, 9.17) is 0 Å². The van der Waals surface area contributed by atoms with Gasteiger partial charge in [-0.25, -0.2) is 0 Å². The normalized spacial score (nSPS) is 18.5. The molecule has 1 aromatic heterocycles. The first-order chi connectivity index (χ1) is 17.3. The van der Waals surface area contributed by atoms with E-state index in [-0.39, 0.29) is 5.91 Å². The van der Waals surface area contributed by atoms with E-state index in [1.54, 1.807) is 11.3 Å². The van der Waals surface area contributed by atoms with Gasteiger partial charge in [0, 0.05) is 33.9 Å². The fourth-order valence-electron chi connectivity index (χ4n) is 5.63. The lowest BCUT2D eigenvalue weighted by Crippen LogP contribution is -2.38. The van der Waals surface area contributed by atoms with Crippen LogP contribution in [0, 0.1) is 0 Å². The number of benzene rings is 3. The van der Waals surface area contributed by atoms with Crippen LogP contribution in [0.3, 0.4) is 0 Å². The van der Waals surface area contributed by atoms with E-state index in [0.29, 0.717) is 5.56 Å². The molecule has 3 heterocycles. The average Bonchev–Trinajstić information content (AvgIpc) is 3.20. The predicted octanol–water partition coefficient (Wildman–Crippen LogP) is 7.85. The van der Waals surface area contributed by atoms with Crippen molar-refractivity contribution in [1.82, 2.24) is 4.90 Å². The maximum absolute atomic E-state index is 13.3. The quantitative estimate of drug-likeness (QED) is 0.324. The molecular weight excluding hydrogens is 448 g/mol. The highest BCUT2D eigenvalue weighted by Gasteiger charge is 2.25. The molecule has 3 nitrogen and oxygen atoms in total. The Kier molecular flexibility index (Phi) is 6.24. The second-order valence-electron chi connectivity index (χ2n) is 9.64. The van der Waals surface area contributed by atoms with Crippen molar-refractivity contribution in [1.29, 1.82) is 0 Å². The maximum atomic E-state index is 13.3. The van der Waals surface area contributed by atoms with Gasteiger partial charge < -0.3 is 5.32 Å². The van der Waals surface area contributed by atoms with E-state index in [2.05, 4.69) is 33.8 Å². The Morgan fingerprint density at radius 3 is 2.69 bits per heavy atom. The van der Waals surface area contributed by atoms with Gasteiger partial charge in [0.15, 0.2) is 0 Å². The summed E-state index contributed by atoms with van der Waals surface area (Å²) in [5.74, 6) is -0.0776. The second-order valence-corrected chi connectivity index (χ2v) is 10.5. The molecule has 1 amide bonds. The van der Waals surface area contributed by atoms with Crippen molar-refractivity contribution in [2.45, 2.75) is 38.1 Å². The number of rotatable bonds is 4. The SMILES string of the molecule is O=C(Nc1ccc2scc(C3=CCN4CCCCC4CC3)c2c1)c1ccccc1-c1ccccc1. The second kappa shape index (κ2) is 9.80. The van der Waals surface area contributed by atoms with Crippen LogP contribution in [0.2, 0.25) is 0 Å². The standard InChI is InChI=1S/C31H30N2OS/c34-31(27-12-5-4-11-26(27)22-8-2-1-3-9-22)32-24-14-16-30-28(20-24)29(21-35-30)23-13-15-25-10-6-7-18-33(25)19-17-23/h1-5,8-9,11-12,14,16-17,20-21,25H,6-7,10,13,15,18-19H2,(H,32,34). The van der Waals surface area contributed by atoms with Crippen molar-refractivity contribution < 1.29 is 4.79 Å². The summed E-state index contributed by atoms with van der Waals surface area (Å²) in [5.41, 5.74) is 6.33. The third-order valence-corrected chi connectivity index (χ3v) is 8.47. The molecule has 35 heavy (non-hydrogen) atoms. The van der Waals surface area contributed by atoms with E-state index >= 15 is 0 Å². The van der Waals surface area contributed by atoms with Crippen molar-refractivity contribution in [3.8, 4) is 11.1 Å². The molecular formula is C31H30N2OS. The molecule has 3 aromatic carbocycles. The molecule has 1 fully saturated rings. The van der Waals surface area contributed by atoms with Crippen molar-refractivity contribution in [2.75, 3.05) is 18.4 Å². The van der Waals surface area contributed by atoms with Crippen LogP contribution >= 0.6 is 11.3 Å². The summed E-state index contributed by atoms with van der Waals surface area (Å²) in [6.45, 7) is 2.30. The predicted molar refractivity (Wildman–Crippen MR) is 148 cm³/mol. The lowest BCUT2D eigenvalue weighted by molar-refractivity contribution is 0.102. The Balaban J connectivity index is 1.27. The summed E-state index contributed by atoms with van der Waals surface area (Å²) >= 11 is 1.80. The van der Waals surface area contributed by atoms with Gasteiger partial charge >= 0.3 is 0 Å². The number of anilines is 1. The third kappa shape index (κ3) is 4.56. The lowest BCUT2D eigenvalue weighted by atomic mass is 9.95. The molecule has 0 radical (unpaired) electrons. The molecule has 1 saturated heterocycles. The molecule has 2 aliphatic rings. The van der Waals surface area contributed by atoms with Crippen molar-refractivity contribution in [3.05, 3.63) is 95.4 Å². The number of fused-ring (bicyclic) bond motifs is 2. The van der Waals surface area contributed by atoms with Crippen LogP contribution in [-0.4, -0.2) is 29.9 Å². The van der Waals surface area contributed by atoms with Gasteiger partial charge in [-0.3, -0.25) is 9.69 Å². The highest BCUT2D eigenvalue weighted by molar-refractivity contribution is 7.17. The van der Waals surface area contributed by atoms with Crippen LogP contribution in [0.25, 0.3) is 26.8 Å². The van der Waals surface area contributed by atoms with E-state index in [1.807, 2.05) is 60.7 Å². The van der Waals surface area contributed by atoms with Crippen LogP contribution in [0.5, 0.6) is 0 Å². The van der Waals surface area contributed by atoms with Crippen LogP contribution < -0.4 is 5.32 Å². The molecule has 0 spiro atoms. The molecule has 0 saturated carbocycles. The minimum absolute atomic E-state index is 0.0776. The van der Waals surface area contributed by atoms with Gasteiger partial charge in [-0.1, -0.05) is 61.0 Å². The molecule has 0 bridgehead atoms. The highest BCUT2D eigenvalue weighted by atomic mass is 32.1. The molecule has 2 aliphatic heterocycles. The summed E-state index contributed by atoms with van der Waals surface area (Å²) in [5, 5.41) is 6.72. The zero-order valence-electron chi connectivity index (χ0n) is 19.9. The first kappa shape index (κ1) is 22.3. The van der Waals surface area contributed by atoms with Gasteiger partial charge in [-0.2, -0.15) is 0 Å². The Bertz CT molecular complexity index is 1390. The molecule has 4 aromatic rings. The number of carbonyl (C=O) groups excluding carboxylic acids is 1. The minimum atomic E-state index is -0.0776. The van der Waals surface area contributed by atoms with Gasteiger partial charge in [0.1, 0.15) is 0 Å². The molecule has 176 valence electrons. The van der Waals surface area contributed by atoms with Crippen LogP contribution in [0.15, 0.2) is 84.3 Å². The molecule has 4 heteroatoms. The van der Waals surface area contributed by atoms with Gasteiger partial charge in [0.25, 0.3) is 5.91 Å². The van der Waals surface area contributed by atoms with Crippen LogP contribution in [0.4, 0.5) is 5.69 Å². The maximum Gasteiger partial charge on any atom is 0.256 e. The fourth-order valence-corrected chi connectivity index (χ4v) is 6.59. The van der Waals surface area contributed by atoms with Crippen molar-refractivity contribution in [3.63, 3.8) is 0 Å². The van der Waals surface area contributed by atoms with E-state index in [9.17, 15) is 4.79 Å². The number of carbonyl (C=O) groups is 1. The zero-order valence-corrected chi connectivity index (χ0v) is 20.7. The number of thiophene rings is 1. The molecule has 0 aliphatic carbocycles. The lowest BCUT2D eigenvalue weighted by Gasteiger charge is -2.33. The summed E-state index contributed by atoms with van der Waals surface area (Å²) in [6, 6.07) is 25.0. The summed E-state index contributed by atoms with van der Waals surface area (Å²) in [7, 11) is 0. The number of piperidine rings is 1. The van der Waals surface area contributed by atoms with Crippen LogP contribution in [0.1, 0.15) is 48.0 Å². The van der Waals surface area contributed by atoms with E-state index < -0.39 is 0 Å². The van der Waals surface area contributed by atoms with E-state index in [0.717, 1.165) is 35.8 Å². The van der Waals surface area contributed by atoms with Gasteiger partial charge in [0.05, 0.1) is 0 Å². The number of hydrogen-bond donors (Lipinski definition) is 1. The van der Waals surface area contributed by atoms with Gasteiger partial charge in [-0.05, 0) is 84.1 Å². The Labute approximate surface area is 211 Å². The van der Waals surface area contributed by atoms with E-state index in [1.165, 1.54) is 53.5 Å². The van der Waals surface area contributed by atoms with Gasteiger partial charge in [-0.15, -0.1) is 11.3 Å². The summed E-state index contributed by atoms with van der Waals surface area (Å²) in [4.78, 5) is 16.0. The van der Waals surface area contributed by atoms with Crippen molar-refractivity contribution in [2.24, 2.45) is 0 Å². The minimum Gasteiger partial charge on any atom is -0.322 e. The number of amides is 1. The highest BCUT2D eigenvalue weighted by Crippen LogP contribution is 2.37. The first-order valence-corrected chi connectivity index (χ1v) is 13.5. The zero-order chi connectivity index (χ0) is 23.6. The van der Waals surface area contributed by atoms with Crippen molar-refractivity contribution >= 4 is 38.6 Å². The number of allylic oxidation sites excluding steroid dienone is 1. The third-order valence-electron chi connectivity index (χ3n) is 7.50. The monoisotopic (exact) mass is 478 g/mol. The van der Waals surface area contributed by atoms with Crippen LogP contribution in [-0.2, 0) is 0 Å². The largest absolute Gasteiger partial charge is 0.322 e. The number of nitrogens with one attached hydrogen (secondary N) is 1. The first-order valence-electron chi connectivity index (χ1n) is 12.7. The Morgan fingerprint density at radius 1 is 0.914 bits per heavy atom. The average molecular weight is 479 g/mol. The molecule has 1 atom stereocenters. The van der Waals surface area contributed by atoms with Gasteiger partial charge in [0.2, 0.25) is 0 Å². The Hall–Kier alpha value is -3.21. The fraction of sp³-hybridized carbons (Fsp3) is 0.258. The molecule has 1 N–H and O–H groups in total. The molecule has 6 rings (SSSR count). The number of nitrogens with zero attached hydrogens (tertiary/aromatic N) is 1. The summed E-state index contributed by atoms with van der Waals surface area (Å²) < 4.78 is 1.27. The topological polar surface area (TPSA) is 32.3 Å². The smallest absolute Gasteiger partial charge is 0.256 e.